The summed E-state index contributed by atoms with van der Waals surface area (Å²) in [6.45, 7) is 3.07. The number of phenolic OH excluding ortho intramolecular Hbond substituents is 1. The average molecular weight is 368 g/mol. The molecule has 0 aliphatic rings. The van der Waals surface area contributed by atoms with Crippen molar-refractivity contribution < 1.29 is 19.4 Å². The largest absolute Gasteiger partial charge is 0.507 e. The summed E-state index contributed by atoms with van der Waals surface area (Å²) in [7, 11) is 0. The lowest BCUT2D eigenvalue weighted by Crippen LogP contribution is -2.30. The van der Waals surface area contributed by atoms with Crippen LogP contribution in [-0.4, -0.2) is 23.1 Å². The Morgan fingerprint density at radius 1 is 1.21 bits per heavy atom. The van der Waals surface area contributed by atoms with Crippen LogP contribution in [-0.2, 0) is 9.53 Å². The molecule has 1 amide bonds. The predicted octanol–water partition coefficient (Wildman–Crippen LogP) is 4.19. The van der Waals surface area contributed by atoms with Gasteiger partial charge in [0, 0.05) is 5.02 Å². The highest BCUT2D eigenvalue weighted by Gasteiger charge is 2.22. The summed E-state index contributed by atoms with van der Waals surface area (Å²) in [5, 5.41) is 13.1. The van der Waals surface area contributed by atoms with Gasteiger partial charge in [0.1, 0.15) is 11.3 Å². The molecule has 0 aliphatic heterocycles. The van der Waals surface area contributed by atoms with E-state index in [1.807, 2.05) is 0 Å². The summed E-state index contributed by atoms with van der Waals surface area (Å²) in [5.41, 5.74) is 0.846. The number of amides is 1. The number of hydrogen-bond donors (Lipinski definition) is 2. The molecule has 0 saturated carbocycles. The molecule has 2 aromatic carbocycles. The second kappa shape index (κ2) is 7.55. The van der Waals surface area contributed by atoms with E-state index in [1.54, 1.807) is 31.2 Å². The standard InChI is InChI=1S/C17H15Cl2NO4/c1-9-4-3-5-12(15(9)21)17(23)24-10(2)16(22)20-14-8-11(18)6-7-13(14)19/h3-8,10,21H,1-2H3,(H,20,22)/t10-/m0/s1. The van der Waals surface area contributed by atoms with Crippen LogP contribution in [0.4, 0.5) is 5.69 Å². The molecule has 2 rings (SSSR count). The minimum Gasteiger partial charge on any atom is -0.507 e. The normalized spacial score (nSPS) is 11.7. The number of aryl methyl sites for hydroxylation is 1. The summed E-state index contributed by atoms with van der Waals surface area (Å²) in [6, 6.07) is 9.31. The Morgan fingerprint density at radius 3 is 2.62 bits per heavy atom. The number of carbonyl (C=O) groups excluding carboxylic acids is 2. The quantitative estimate of drug-likeness (QED) is 0.794. The van der Waals surface area contributed by atoms with E-state index >= 15 is 0 Å². The summed E-state index contributed by atoms with van der Waals surface area (Å²) in [5.74, 6) is -1.54. The number of aromatic hydroxyl groups is 1. The molecule has 0 unspecified atom stereocenters. The highest BCUT2D eigenvalue weighted by molar-refractivity contribution is 6.35. The molecule has 0 aliphatic carbocycles. The van der Waals surface area contributed by atoms with E-state index in [9.17, 15) is 14.7 Å². The van der Waals surface area contributed by atoms with Crippen LogP contribution in [0.15, 0.2) is 36.4 Å². The number of ether oxygens (including phenoxy) is 1. The number of benzene rings is 2. The van der Waals surface area contributed by atoms with E-state index in [-0.39, 0.29) is 11.3 Å². The molecule has 0 bridgehead atoms. The van der Waals surface area contributed by atoms with Crippen LogP contribution in [0.2, 0.25) is 10.0 Å². The van der Waals surface area contributed by atoms with Gasteiger partial charge < -0.3 is 15.2 Å². The van der Waals surface area contributed by atoms with Crippen molar-refractivity contribution in [3.8, 4) is 5.75 Å². The van der Waals surface area contributed by atoms with Gasteiger partial charge in [0.05, 0.1) is 10.7 Å². The first kappa shape index (κ1) is 18.1. The van der Waals surface area contributed by atoms with Crippen LogP contribution in [0.3, 0.4) is 0 Å². The monoisotopic (exact) mass is 367 g/mol. The number of halogens is 2. The topological polar surface area (TPSA) is 75.6 Å². The number of anilines is 1. The van der Waals surface area contributed by atoms with Gasteiger partial charge in [-0.05, 0) is 43.7 Å². The fourth-order valence-corrected chi connectivity index (χ4v) is 2.27. The fraction of sp³-hybridized carbons (Fsp3) is 0.176. The van der Waals surface area contributed by atoms with E-state index in [2.05, 4.69) is 5.32 Å². The molecule has 24 heavy (non-hydrogen) atoms. The highest BCUT2D eigenvalue weighted by Crippen LogP contribution is 2.26. The zero-order chi connectivity index (χ0) is 17.9. The van der Waals surface area contributed by atoms with Crippen molar-refractivity contribution >= 4 is 40.8 Å². The molecule has 126 valence electrons. The maximum absolute atomic E-state index is 12.1. The number of rotatable bonds is 4. The maximum atomic E-state index is 12.1. The second-order valence-corrected chi connectivity index (χ2v) is 5.98. The minimum absolute atomic E-state index is 0.00422. The molecular formula is C17H15Cl2NO4. The third-order valence-electron chi connectivity index (χ3n) is 3.30. The van der Waals surface area contributed by atoms with Crippen LogP contribution in [0.1, 0.15) is 22.8 Å². The SMILES string of the molecule is Cc1cccc(C(=O)O[C@@H](C)C(=O)Nc2cc(Cl)ccc2Cl)c1O. The molecule has 0 fully saturated rings. The van der Waals surface area contributed by atoms with Crippen LogP contribution in [0.5, 0.6) is 5.75 Å². The van der Waals surface area contributed by atoms with Crippen molar-refractivity contribution in [2.24, 2.45) is 0 Å². The van der Waals surface area contributed by atoms with Crippen molar-refractivity contribution in [3.05, 3.63) is 57.6 Å². The van der Waals surface area contributed by atoms with Crippen molar-refractivity contribution in [2.75, 3.05) is 5.32 Å². The predicted molar refractivity (Wildman–Crippen MR) is 92.8 cm³/mol. The minimum atomic E-state index is -1.09. The number of phenols is 1. The van der Waals surface area contributed by atoms with E-state index in [0.717, 1.165) is 0 Å². The number of para-hydroxylation sites is 1. The average Bonchev–Trinajstić information content (AvgIpc) is 2.53. The second-order valence-electron chi connectivity index (χ2n) is 5.13. The molecule has 0 aromatic heterocycles. The molecule has 0 radical (unpaired) electrons. The lowest BCUT2D eigenvalue weighted by molar-refractivity contribution is -0.123. The van der Waals surface area contributed by atoms with Crippen molar-refractivity contribution in [1.82, 2.24) is 0 Å². The van der Waals surface area contributed by atoms with Gasteiger partial charge in [-0.2, -0.15) is 0 Å². The third kappa shape index (κ3) is 4.19. The van der Waals surface area contributed by atoms with E-state index in [4.69, 9.17) is 27.9 Å². The Balaban J connectivity index is 2.07. The summed E-state index contributed by atoms with van der Waals surface area (Å²) >= 11 is 11.8. The smallest absolute Gasteiger partial charge is 0.342 e. The molecule has 0 heterocycles. The number of nitrogens with one attached hydrogen (secondary N) is 1. The van der Waals surface area contributed by atoms with Gasteiger partial charge >= 0.3 is 5.97 Å². The number of carbonyl (C=O) groups is 2. The Hall–Kier alpha value is -2.24. The Bertz CT molecular complexity index is 792. The summed E-state index contributed by atoms with van der Waals surface area (Å²) in [4.78, 5) is 24.2. The van der Waals surface area contributed by atoms with Gasteiger partial charge in [-0.25, -0.2) is 4.79 Å². The Morgan fingerprint density at radius 2 is 1.92 bits per heavy atom. The summed E-state index contributed by atoms with van der Waals surface area (Å²) in [6.07, 6.45) is -1.09. The Kier molecular flexibility index (Phi) is 5.70. The van der Waals surface area contributed by atoms with Gasteiger partial charge in [-0.3, -0.25) is 4.79 Å². The van der Waals surface area contributed by atoms with Crippen LogP contribution in [0.25, 0.3) is 0 Å². The van der Waals surface area contributed by atoms with E-state index in [1.165, 1.54) is 19.1 Å². The lowest BCUT2D eigenvalue weighted by atomic mass is 10.1. The van der Waals surface area contributed by atoms with Crippen LogP contribution < -0.4 is 5.32 Å². The molecule has 2 aromatic rings. The molecule has 0 spiro atoms. The van der Waals surface area contributed by atoms with Crippen molar-refractivity contribution in [3.63, 3.8) is 0 Å². The first-order valence-electron chi connectivity index (χ1n) is 7.05. The zero-order valence-corrected chi connectivity index (χ0v) is 14.5. The van der Waals surface area contributed by atoms with E-state index in [0.29, 0.717) is 21.3 Å². The highest BCUT2D eigenvalue weighted by atomic mass is 35.5. The molecule has 2 N–H and O–H groups in total. The van der Waals surface area contributed by atoms with Gasteiger partial charge in [0.25, 0.3) is 5.91 Å². The molecule has 7 heteroatoms. The Labute approximate surface area is 149 Å². The summed E-state index contributed by atoms with van der Waals surface area (Å²) < 4.78 is 5.09. The van der Waals surface area contributed by atoms with Crippen molar-refractivity contribution in [1.29, 1.82) is 0 Å². The van der Waals surface area contributed by atoms with Gasteiger partial charge in [0.2, 0.25) is 0 Å². The first-order valence-corrected chi connectivity index (χ1v) is 7.80. The molecule has 1 atom stereocenters. The molecule has 5 nitrogen and oxygen atoms in total. The fourth-order valence-electron chi connectivity index (χ4n) is 1.93. The number of esters is 1. The van der Waals surface area contributed by atoms with E-state index < -0.39 is 18.0 Å². The van der Waals surface area contributed by atoms with Crippen LogP contribution >= 0.6 is 23.2 Å². The first-order chi connectivity index (χ1) is 11.3. The maximum Gasteiger partial charge on any atom is 0.342 e. The zero-order valence-electron chi connectivity index (χ0n) is 13.0. The lowest BCUT2D eigenvalue weighted by Gasteiger charge is -2.15. The third-order valence-corrected chi connectivity index (χ3v) is 3.86. The van der Waals surface area contributed by atoms with Gasteiger partial charge in [-0.15, -0.1) is 0 Å². The molecular weight excluding hydrogens is 353 g/mol. The van der Waals surface area contributed by atoms with Crippen LogP contribution in [0, 0.1) is 6.92 Å². The number of hydrogen-bond acceptors (Lipinski definition) is 4. The van der Waals surface area contributed by atoms with Gasteiger partial charge in [0.15, 0.2) is 6.10 Å². The van der Waals surface area contributed by atoms with Gasteiger partial charge in [-0.1, -0.05) is 35.3 Å². The van der Waals surface area contributed by atoms with Crippen molar-refractivity contribution in [2.45, 2.75) is 20.0 Å². The molecule has 0 saturated heterocycles.